The average Bonchev–Trinajstić information content (AvgIpc) is 2.46. The smallest absolute Gasteiger partial charge is 0.305 e. The van der Waals surface area contributed by atoms with Gasteiger partial charge in [-0.25, -0.2) is 0 Å². The van der Waals surface area contributed by atoms with Crippen LogP contribution in [-0.2, 0) is 4.79 Å². The van der Waals surface area contributed by atoms with Crippen molar-refractivity contribution in [3.8, 4) is 11.5 Å². The van der Waals surface area contributed by atoms with Gasteiger partial charge < -0.3 is 19.5 Å². The second-order valence-electron chi connectivity index (χ2n) is 5.07. The van der Waals surface area contributed by atoms with Gasteiger partial charge >= 0.3 is 5.97 Å². The molecular formula is C15H19NO5. The van der Waals surface area contributed by atoms with E-state index in [0.29, 0.717) is 30.3 Å². The fourth-order valence-electron chi connectivity index (χ4n) is 2.21. The molecule has 2 rings (SSSR count). The Bertz CT molecular complexity index is 541. The van der Waals surface area contributed by atoms with Crippen LogP contribution in [-0.4, -0.2) is 47.7 Å². The minimum absolute atomic E-state index is 0.0870. The number of carboxylic acid groups (broad SMARTS) is 1. The Balaban J connectivity index is 2.26. The lowest BCUT2D eigenvalue weighted by atomic mass is 10.1. The van der Waals surface area contributed by atoms with Crippen LogP contribution in [0.5, 0.6) is 11.5 Å². The van der Waals surface area contributed by atoms with Crippen LogP contribution in [0.4, 0.5) is 0 Å². The second kappa shape index (κ2) is 6.47. The maximum atomic E-state index is 12.7. The van der Waals surface area contributed by atoms with Crippen molar-refractivity contribution in [3.63, 3.8) is 0 Å². The van der Waals surface area contributed by atoms with Gasteiger partial charge in [-0.15, -0.1) is 0 Å². The third-order valence-electron chi connectivity index (χ3n) is 3.25. The van der Waals surface area contributed by atoms with E-state index in [-0.39, 0.29) is 24.9 Å². The number of fused-ring (bicyclic) bond motifs is 1. The molecule has 0 fully saturated rings. The number of ether oxygens (including phenoxy) is 2. The standard InChI is InChI=1S/C15H19NO5/c1-10(2)16(7-6-13(17)18)15(19)11-4-3-5-12-14(11)21-9-8-20-12/h3-5,10H,6-9H2,1-2H3,(H,17,18). The van der Waals surface area contributed by atoms with Gasteiger partial charge in [-0.1, -0.05) is 6.07 Å². The summed E-state index contributed by atoms with van der Waals surface area (Å²) >= 11 is 0. The largest absolute Gasteiger partial charge is 0.486 e. The van der Waals surface area contributed by atoms with Gasteiger partial charge in [0.25, 0.3) is 5.91 Å². The molecule has 1 aromatic rings. The highest BCUT2D eigenvalue weighted by Crippen LogP contribution is 2.34. The van der Waals surface area contributed by atoms with Crippen LogP contribution >= 0.6 is 0 Å². The molecule has 1 aliphatic rings. The van der Waals surface area contributed by atoms with Gasteiger partial charge in [0.2, 0.25) is 0 Å². The molecule has 0 radical (unpaired) electrons. The number of para-hydroxylation sites is 1. The van der Waals surface area contributed by atoms with Crippen molar-refractivity contribution >= 4 is 11.9 Å². The highest BCUT2D eigenvalue weighted by atomic mass is 16.6. The van der Waals surface area contributed by atoms with Crippen LogP contribution in [0.3, 0.4) is 0 Å². The predicted molar refractivity (Wildman–Crippen MR) is 75.9 cm³/mol. The number of carbonyl (C=O) groups is 2. The molecule has 1 aliphatic heterocycles. The van der Waals surface area contributed by atoms with Crippen LogP contribution in [0.2, 0.25) is 0 Å². The number of aliphatic carboxylic acids is 1. The molecule has 0 saturated heterocycles. The summed E-state index contributed by atoms with van der Waals surface area (Å²) in [4.78, 5) is 24.9. The van der Waals surface area contributed by atoms with Gasteiger partial charge in [0.05, 0.1) is 12.0 Å². The zero-order valence-corrected chi connectivity index (χ0v) is 12.2. The molecule has 0 saturated carbocycles. The van der Waals surface area contributed by atoms with E-state index in [2.05, 4.69) is 0 Å². The number of amides is 1. The lowest BCUT2D eigenvalue weighted by Crippen LogP contribution is -2.39. The summed E-state index contributed by atoms with van der Waals surface area (Å²) < 4.78 is 11.0. The first-order chi connectivity index (χ1) is 10.0. The first kappa shape index (κ1) is 15.2. The molecule has 0 unspecified atom stereocenters. The SMILES string of the molecule is CC(C)N(CCC(=O)O)C(=O)c1cccc2c1OCCO2. The maximum Gasteiger partial charge on any atom is 0.305 e. The molecule has 0 bridgehead atoms. The predicted octanol–water partition coefficient (Wildman–Crippen LogP) is 1.78. The van der Waals surface area contributed by atoms with Gasteiger partial charge in [0.1, 0.15) is 13.2 Å². The van der Waals surface area contributed by atoms with Crippen molar-refractivity contribution < 1.29 is 24.2 Å². The minimum Gasteiger partial charge on any atom is -0.486 e. The lowest BCUT2D eigenvalue weighted by molar-refractivity contribution is -0.137. The Morgan fingerprint density at radius 1 is 1.29 bits per heavy atom. The van der Waals surface area contributed by atoms with E-state index in [1.807, 2.05) is 13.8 Å². The molecule has 1 heterocycles. The van der Waals surface area contributed by atoms with Gasteiger partial charge in [-0.05, 0) is 26.0 Å². The third kappa shape index (κ3) is 3.45. The normalized spacial score (nSPS) is 13.1. The lowest BCUT2D eigenvalue weighted by Gasteiger charge is -2.28. The molecule has 114 valence electrons. The van der Waals surface area contributed by atoms with Gasteiger partial charge in [-0.3, -0.25) is 9.59 Å². The van der Waals surface area contributed by atoms with E-state index in [0.717, 1.165) is 0 Å². The summed E-state index contributed by atoms with van der Waals surface area (Å²) in [7, 11) is 0. The third-order valence-corrected chi connectivity index (χ3v) is 3.25. The molecule has 21 heavy (non-hydrogen) atoms. The topological polar surface area (TPSA) is 76.1 Å². The summed E-state index contributed by atoms with van der Waals surface area (Å²) in [5, 5.41) is 8.81. The van der Waals surface area contributed by atoms with E-state index in [1.54, 1.807) is 18.2 Å². The highest BCUT2D eigenvalue weighted by Gasteiger charge is 2.26. The first-order valence-corrected chi connectivity index (χ1v) is 6.92. The fraction of sp³-hybridized carbons (Fsp3) is 0.467. The van der Waals surface area contributed by atoms with Crippen LogP contribution in [0.25, 0.3) is 0 Å². The van der Waals surface area contributed by atoms with Crippen molar-refractivity contribution in [1.29, 1.82) is 0 Å². The Kier molecular flexibility index (Phi) is 4.67. The van der Waals surface area contributed by atoms with Crippen molar-refractivity contribution in [1.82, 2.24) is 4.90 Å². The zero-order valence-electron chi connectivity index (χ0n) is 12.2. The quantitative estimate of drug-likeness (QED) is 0.895. The van der Waals surface area contributed by atoms with Crippen molar-refractivity contribution in [3.05, 3.63) is 23.8 Å². The highest BCUT2D eigenvalue weighted by molar-refractivity contribution is 5.98. The number of hydrogen-bond donors (Lipinski definition) is 1. The second-order valence-corrected chi connectivity index (χ2v) is 5.07. The molecule has 1 aromatic carbocycles. The molecular weight excluding hydrogens is 274 g/mol. The van der Waals surface area contributed by atoms with Gasteiger partial charge in [-0.2, -0.15) is 0 Å². The Labute approximate surface area is 123 Å². The number of nitrogens with zero attached hydrogens (tertiary/aromatic N) is 1. The number of rotatable bonds is 5. The van der Waals surface area contributed by atoms with Crippen LogP contribution < -0.4 is 9.47 Å². The summed E-state index contributed by atoms with van der Waals surface area (Å²) in [5.41, 5.74) is 0.409. The Morgan fingerprint density at radius 3 is 2.67 bits per heavy atom. The zero-order chi connectivity index (χ0) is 15.4. The summed E-state index contributed by atoms with van der Waals surface area (Å²) in [6.45, 7) is 4.72. The maximum absolute atomic E-state index is 12.7. The molecule has 0 atom stereocenters. The van der Waals surface area contributed by atoms with Crippen LogP contribution in [0, 0.1) is 0 Å². The minimum atomic E-state index is -0.928. The monoisotopic (exact) mass is 293 g/mol. The van der Waals surface area contributed by atoms with Crippen LogP contribution in [0.15, 0.2) is 18.2 Å². The number of hydrogen-bond acceptors (Lipinski definition) is 4. The van der Waals surface area contributed by atoms with Crippen molar-refractivity contribution in [2.45, 2.75) is 26.3 Å². The Hall–Kier alpha value is -2.24. The summed E-state index contributed by atoms with van der Waals surface area (Å²) in [6, 6.07) is 5.06. The molecule has 0 spiro atoms. The van der Waals surface area contributed by atoms with E-state index < -0.39 is 5.97 Å². The number of carbonyl (C=O) groups excluding carboxylic acids is 1. The van der Waals surface area contributed by atoms with E-state index in [1.165, 1.54) is 4.90 Å². The van der Waals surface area contributed by atoms with Crippen LogP contribution in [0.1, 0.15) is 30.6 Å². The number of carboxylic acids is 1. The van der Waals surface area contributed by atoms with Gasteiger partial charge in [0.15, 0.2) is 11.5 Å². The van der Waals surface area contributed by atoms with E-state index in [4.69, 9.17) is 14.6 Å². The molecule has 0 aromatic heterocycles. The van der Waals surface area contributed by atoms with E-state index in [9.17, 15) is 9.59 Å². The first-order valence-electron chi connectivity index (χ1n) is 6.92. The fourth-order valence-corrected chi connectivity index (χ4v) is 2.21. The molecule has 1 N–H and O–H groups in total. The molecule has 1 amide bonds. The summed E-state index contributed by atoms with van der Waals surface area (Å²) in [5.74, 6) is -0.180. The average molecular weight is 293 g/mol. The Morgan fingerprint density at radius 2 is 2.00 bits per heavy atom. The summed E-state index contributed by atoms with van der Waals surface area (Å²) in [6.07, 6.45) is -0.0870. The van der Waals surface area contributed by atoms with Gasteiger partial charge in [0, 0.05) is 12.6 Å². The molecule has 0 aliphatic carbocycles. The van der Waals surface area contributed by atoms with E-state index >= 15 is 0 Å². The van der Waals surface area contributed by atoms with Crippen molar-refractivity contribution in [2.24, 2.45) is 0 Å². The van der Waals surface area contributed by atoms with Crippen molar-refractivity contribution in [2.75, 3.05) is 19.8 Å². The number of benzene rings is 1. The molecule has 6 nitrogen and oxygen atoms in total. The molecule has 6 heteroatoms.